The van der Waals surface area contributed by atoms with Crippen molar-refractivity contribution in [2.75, 3.05) is 0 Å². The van der Waals surface area contributed by atoms with E-state index < -0.39 is 0 Å². The van der Waals surface area contributed by atoms with Crippen LogP contribution in [0.15, 0.2) is 124 Å². The first-order valence-corrected chi connectivity index (χ1v) is 20.8. The van der Waals surface area contributed by atoms with Gasteiger partial charge in [0.05, 0.1) is 24.8 Å². The van der Waals surface area contributed by atoms with Crippen LogP contribution in [0.2, 0.25) is 0 Å². The number of hydrogen-bond donors (Lipinski definition) is 0. The van der Waals surface area contributed by atoms with Crippen LogP contribution in [-0.2, 0) is 21.1 Å². The zero-order chi connectivity index (χ0) is 47.7. The molecule has 338 valence electrons. The third-order valence-corrected chi connectivity index (χ3v) is 4.73. The van der Waals surface area contributed by atoms with E-state index in [0.29, 0.717) is 0 Å². The van der Waals surface area contributed by atoms with Gasteiger partial charge in [0, 0.05) is 70.2 Å². The van der Waals surface area contributed by atoms with Crippen LogP contribution >= 0.6 is 0 Å². The maximum absolute atomic E-state index is 3.88. The molecule has 60 heavy (non-hydrogen) atoms. The van der Waals surface area contributed by atoms with Gasteiger partial charge in [-0.05, 0) is 74.7 Å². The summed E-state index contributed by atoms with van der Waals surface area (Å²) in [7, 11) is 5.43. The second-order valence-electron chi connectivity index (χ2n) is 8.99. The average Bonchev–Trinajstić information content (AvgIpc) is 4.14. The maximum Gasteiger partial charge on any atom is 0.137 e. The summed E-state index contributed by atoms with van der Waals surface area (Å²) in [6.07, 6.45) is 23.7. The van der Waals surface area contributed by atoms with Crippen molar-refractivity contribution < 1.29 is 0 Å². The van der Waals surface area contributed by atoms with Gasteiger partial charge in [-0.25, -0.2) is 15.0 Å². The number of nitrogens with zero attached hydrogens (tertiary/aromatic N) is 15. The fraction of sp³-hybridized carbons (Fsp3) is 0.467. The molecule has 0 aromatic carbocycles. The second-order valence-corrected chi connectivity index (χ2v) is 8.99. The van der Waals surface area contributed by atoms with E-state index in [1.165, 1.54) is 28.6 Å². The van der Waals surface area contributed by atoms with Gasteiger partial charge >= 0.3 is 0 Å². The molecule has 0 aliphatic heterocycles. The van der Waals surface area contributed by atoms with Crippen molar-refractivity contribution in [2.24, 2.45) is 21.1 Å². The van der Waals surface area contributed by atoms with Crippen LogP contribution in [0.5, 0.6) is 0 Å². The Balaban J connectivity index is -0.000000104. The first kappa shape index (κ1) is 68.6. The minimum atomic E-state index is 1.01. The molecule has 0 atom stereocenters. The Morgan fingerprint density at radius 1 is 0.400 bits per heavy atom. The van der Waals surface area contributed by atoms with Crippen molar-refractivity contribution >= 4 is 0 Å². The SMILES string of the molecule is CC.CC.CC.CC.CC.CC.CC.Cc1cccnc1.Cc1ccncc1.Cc1ccncn1.Cc1ccnnc1.Cn1ccnn1.Cn1cncn1.Cn1nccn1. The summed E-state index contributed by atoms with van der Waals surface area (Å²) in [5, 5.41) is 25.5. The van der Waals surface area contributed by atoms with Crippen molar-refractivity contribution in [3.8, 4) is 0 Å². The third-order valence-electron chi connectivity index (χ3n) is 4.73. The Kier molecular flexibility index (Phi) is 74.0. The molecule has 0 unspecified atom stereocenters. The molecule has 7 aromatic rings. The summed E-state index contributed by atoms with van der Waals surface area (Å²) >= 11 is 0. The molecule has 7 heterocycles. The van der Waals surface area contributed by atoms with Crippen molar-refractivity contribution in [2.45, 2.75) is 125 Å². The summed E-state index contributed by atoms with van der Waals surface area (Å²) in [6.45, 7) is 36.0. The second kappa shape index (κ2) is 64.8. The Bertz CT molecular complexity index is 1340. The number of hydrogen-bond acceptors (Lipinski definition) is 12. The molecular weight excluding hydrogens is 751 g/mol. The first-order valence-electron chi connectivity index (χ1n) is 20.8. The topological polar surface area (TPSA) is 169 Å². The van der Waals surface area contributed by atoms with Crippen molar-refractivity contribution in [1.29, 1.82) is 0 Å². The van der Waals surface area contributed by atoms with E-state index in [-0.39, 0.29) is 0 Å². The number of aromatic nitrogens is 15. The lowest BCUT2D eigenvalue weighted by molar-refractivity contribution is 0.654. The molecule has 0 aliphatic carbocycles. The van der Waals surface area contributed by atoms with E-state index in [1.54, 1.807) is 84.7 Å². The number of rotatable bonds is 0. The highest BCUT2D eigenvalue weighted by molar-refractivity contribution is 5.06. The van der Waals surface area contributed by atoms with E-state index in [4.69, 9.17) is 0 Å². The highest BCUT2D eigenvalue weighted by Gasteiger charge is 1.76. The zero-order valence-electron chi connectivity index (χ0n) is 41.3. The van der Waals surface area contributed by atoms with Crippen LogP contribution in [0, 0.1) is 27.7 Å². The van der Waals surface area contributed by atoms with Crippen molar-refractivity contribution in [3.05, 3.63) is 146 Å². The predicted octanol–water partition coefficient (Wildman–Crippen LogP) is 11.0. The standard InChI is InChI=1S/2C6H7N.2C5H6N2.3C3H5N3.7C2H6/c1-6-2-4-7-5-3-6;1-6-3-2-4-7-5-6;1-5-2-3-6-4-7-5;1-5-2-3-6-7-4-5;1-6-3-4-2-5-6;1-6-3-2-4-5-6;1-6-4-2-3-5-6;7*1-2/h2*2-5H,1H3;2*2-4H,1H3;3*2-3H,1H3;7*1-2H3. The summed E-state index contributed by atoms with van der Waals surface area (Å²) < 4.78 is 3.28. The van der Waals surface area contributed by atoms with Gasteiger partial charge < -0.3 is 0 Å². The van der Waals surface area contributed by atoms with Crippen LogP contribution in [0.3, 0.4) is 0 Å². The summed E-state index contributed by atoms with van der Waals surface area (Å²) in [4.78, 5) is 20.5. The van der Waals surface area contributed by atoms with Gasteiger partial charge in [-0.15, -0.1) is 5.10 Å². The number of aryl methyl sites for hydroxylation is 7. The quantitative estimate of drug-likeness (QED) is 0.142. The Hall–Kier alpha value is -6.12. The summed E-state index contributed by atoms with van der Waals surface area (Å²) in [5.74, 6) is 0. The predicted molar refractivity (Wildman–Crippen MR) is 254 cm³/mol. The van der Waals surface area contributed by atoms with Gasteiger partial charge in [-0.3, -0.25) is 19.3 Å². The van der Waals surface area contributed by atoms with Gasteiger partial charge in [0.15, 0.2) is 0 Å². The maximum atomic E-state index is 3.88. The van der Waals surface area contributed by atoms with Gasteiger partial charge in [0.1, 0.15) is 19.0 Å². The lowest BCUT2D eigenvalue weighted by Crippen LogP contribution is -1.89. The van der Waals surface area contributed by atoms with E-state index in [9.17, 15) is 0 Å². The van der Waals surface area contributed by atoms with E-state index in [2.05, 4.69) is 60.7 Å². The highest BCUT2D eigenvalue weighted by Crippen LogP contribution is 1.89. The molecular formula is C45H83N15. The molecule has 0 bridgehead atoms. The average molecular weight is 834 g/mol. The van der Waals surface area contributed by atoms with Crippen molar-refractivity contribution in [3.63, 3.8) is 0 Å². The lowest BCUT2D eigenvalue weighted by atomic mass is 10.3. The fourth-order valence-electron chi connectivity index (χ4n) is 2.41. The fourth-order valence-corrected chi connectivity index (χ4v) is 2.41. The molecule has 15 nitrogen and oxygen atoms in total. The molecule has 0 radical (unpaired) electrons. The van der Waals surface area contributed by atoms with Gasteiger partial charge in [-0.2, -0.15) is 30.3 Å². The molecule has 7 aromatic heterocycles. The normalized spacial score (nSPS) is 7.42. The Labute approximate surface area is 365 Å². The Morgan fingerprint density at radius 3 is 1.12 bits per heavy atom. The molecule has 0 spiro atoms. The van der Waals surface area contributed by atoms with Crippen LogP contribution < -0.4 is 0 Å². The Morgan fingerprint density at radius 2 is 0.933 bits per heavy atom. The molecule has 0 aliphatic rings. The monoisotopic (exact) mass is 834 g/mol. The summed E-state index contributed by atoms with van der Waals surface area (Å²) in [6, 6.07) is 11.7. The smallest absolute Gasteiger partial charge is 0.137 e. The van der Waals surface area contributed by atoms with E-state index in [0.717, 1.165) is 11.3 Å². The molecule has 0 saturated heterocycles. The molecule has 0 fully saturated rings. The lowest BCUT2D eigenvalue weighted by Gasteiger charge is -1.82. The largest absolute Gasteiger partial charge is 0.265 e. The van der Waals surface area contributed by atoms with E-state index >= 15 is 0 Å². The molecule has 0 saturated carbocycles. The molecule has 7 rings (SSSR count). The van der Waals surface area contributed by atoms with Crippen LogP contribution in [0.1, 0.15) is 119 Å². The molecule has 0 N–H and O–H groups in total. The van der Waals surface area contributed by atoms with Crippen LogP contribution in [-0.4, -0.2) is 74.9 Å². The highest BCUT2D eigenvalue weighted by atomic mass is 15.4. The zero-order valence-corrected chi connectivity index (χ0v) is 41.3. The van der Waals surface area contributed by atoms with Crippen LogP contribution in [0.25, 0.3) is 0 Å². The first-order chi connectivity index (χ1) is 29.3. The van der Waals surface area contributed by atoms with Crippen molar-refractivity contribution in [1.82, 2.24) is 74.9 Å². The molecule has 0 amide bonds. The summed E-state index contributed by atoms with van der Waals surface area (Å²) in [5.41, 5.74) is 4.63. The third kappa shape index (κ3) is 61.1. The van der Waals surface area contributed by atoms with Gasteiger partial charge in [0.25, 0.3) is 0 Å². The minimum absolute atomic E-state index is 1.01. The van der Waals surface area contributed by atoms with E-state index in [1.807, 2.05) is 181 Å². The van der Waals surface area contributed by atoms with Gasteiger partial charge in [-0.1, -0.05) is 108 Å². The number of pyridine rings is 2. The van der Waals surface area contributed by atoms with Crippen LogP contribution in [0.4, 0.5) is 0 Å². The van der Waals surface area contributed by atoms with Gasteiger partial charge in [0.2, 0.25) is 0 Å². The minimum Gasteiger partial charge on any atom is -0.265 e. The molecule has 15 heteroatoms.